The lowest BCUT2D eigenvalue weighted by molar-refractivity contribution is 0.107. The van der Waals surface area contributed by atoms with Crippen LogP contribution >= 0.6 is 0 Å². The summed E-state index contributed by atoms with van der Waals surface area (Å²) < 4.78 is 11.1. The largest absolute Gasteiger partial charge is 0.381 e. The Kier molecular flexibility index (Phi) is 5.11. The number of methoxy groups -OCH3 is 1. The first-order valence-electron chi connectivity index (χ1n) is 8.50. The van der Waals surface area contributed by atoms with E-state index in [0.29, 0.717) is 17.9 Å². The highest BCUT2D eigenvalue weighted by Crippen LogP contribution is 2.30. The fourth-order valence-corrected chi connectivity index (χ4v) is 3.47. The fourth-order valence-electron chi connectivity index (χ4n) is 3.47. The lowest BCUT2D eigenvalue weighted by Crippen LogP contribution is -2.24. The Morgan fingerprint density at radius 2 is 2.23 bits per heavy atom. The van der Waals surface area contributed by atoms with Gasteiger partial charge in [0, 0.05) is 45.0 Å². The molecule has 4 heteroatoms. The Hall–Kier alpha value is -0.970. The van der Waals surface area contributed by atoms with Gasteiger partial charge < -0.3 is 9.47 Å². The van der Waals surface area contributed by atoms with E-state index in [2.05, 4.69) is 30.9 Å². The average Bonchev–Trinajstić information content (AvgIpc) is 3.18. The predicted molar refractivity (Wildman–Crippen MR) is 87.2 cm³/mol. The molecule has 2 aliphatic heterocycles. The van der Waals surface area contributed by atoms with E-state index >= 15 is 0 Å². The molecular weight excluding hydrogens is 276 g/mol. The van der Waals surface area contributed by atoms with Crippen molar-refractivity contribution < 1.29 is 9.47 Å². The van der Waals surface area contributed by atoms with E-state index in [0.717, 1.165) is 45.7 Å². The highest BCUT2D eigenvalue weighted by molar-refractivity contribution is 5.29. The highest BCUT2D eigenvalue weighted by atomic mass is 16.5. The molecule has 0 radical (unpaired) electrons. The first kappa shape index (κ1) is 15.9. The fraction of sp³-hybridized carbons (Fsp3) is 0.722. The van der Waals surface area contributed by atoms with Gasteiger partial charge in [-0.25, -0.2) is 0 Å². The van der Waals surface area contributed by atoms with Crippen molar-refractivity contribution in [2.75, 3.05) is 33.4 Å². The molecule has 0 spiro atoms. The molecule has 0 unspecified atom stereocenters. The van der Waals surface area contributed by atoms with Gasteiger partial charge in [0.05, 0.1) is 18.4 Å². The summed E-state index contributed by atoms with van der Waals surface area (Å²) >= 11 is 0. The van der Waals surface area contributed by atoms with Gasteiger partial charge in [0.2, 0.25) is 0 Å². The van der Waals surface area contributed by atoms with Crippen LogP contribution in [0.1, 0.15) is 55.5 Å². The minimum Gasteiger partial charge on any atom is -0.381 e. The normalized spacial score (nSPS) is 26.2. The van der Waals surface area contributed by atoms with E-state index in [1.54, 1.807) is 0 Å². The zero-order valence-corrected chi connectivity index (χ0v) is 14.0. The summed E-state index contributed by atoms with van der Waals surface area (Å²) in [6, 6.07) is 4.49. The van der Waals surface area contributed by atoms with E-state index in [-0.39, 0.29) is 0 Å². The van der Waals surface area contributed by atoms with Crippen molar-refractivity contribution in [2.45, 2.75) is 51.2 Å². The maximum Gasteiger partial charge on any atom is 0.0710 e. The van der Waals surface area contributed by atoms with Crippen LogP contribution in [0.2, 0.25) is 0 Å². The molecule has 0 amide bonds. The molecule has 1 aromatic rings. The second-order valence-corrected chi connectivity index (χ2v) is 6.87. The number of likely N-dealkylation sites (tertiary alicyclic amines) is 1. The van der Waals surface area contributed by atoms with Crippen LogP contribution in [0.5, 0.6) is 0 Å². The molecule has 4 nitrogen and oxygen atoms in total. The molecule has 1 aromatic heterocycles. The third-order valence-corrected chi connectivity index (χ3v) is 4.93. The molecule has 2 saturated heterocycles. The third-order valence-electron chi connectivity index (χ3n) is 4.93. The summed E-state index contributed by atoms with van der Waals surface area (Å²) in [6.45, 7) is 9.20. The summed E-state index contributed by atoms with van der Waals surface area (Å²) in [5.41, 5.74) is 3.83. The summed E-state index contributed by atoms with van der Waals surface area (Å²) in [6.07, 6.45) is 2.63. The summed E-state index contributed by atoms with van der Waals surface area (Å²) in [5.74, 6) is 0.988. The van der Waals surface area contributed by atoms with Crippen LogP contribution in [0.25, 0.3) is 0 Å². The molecule has 22 heavy (non-hydrogen) atoms. The zero-order valence-electron chi connectivity index (χ0n) is 14.0. The molecular formula is C18H28N2O2. The number of pyridine rings is 1. The topological polar surface area (TPSA) is 34.6 Å². The van der Waals surface area contributed by atoms with Gasteiger partial charge in [-0.3, -0.25) is 9.88 Å². The Balaban J connectivity index is 1.80. The summed E-state index contributed by atoms with van der Waals surface area (Å²) in [7, 11) is 1.81. The molecule has 0 N–H and O–H groups in total. The van der Waals surface area contributed by atoms with Crippen LogP contribution in [-0.4, -0.2) is 49.4 Å². The molecule has 0 aliphatic carbocycles. The molecule has 0 saturated carbocycles. The zero-order chi connectivity index (χ0) is 15.5. The molecule has 2 fully saturated rings. The van der Waals surface area contributed by atoms with E-state index in [9.17, 15) is 0 Å². The van der Waals surface area contributed by atoms with Crippen molar-refractivity contribution in [3.63, 3.8) is 0 Å². The van der Waals surface area contributed by atoms with Crippen LogP contribution in [0.3, 0.4) is 0 Å². The van der Waals surface area contributed by atoms with Crippen molar-refractivity contribution in [3.05, 3.63) is 29.1 Å². The molecule has 3 rings (SSSR count). The molecule has 3 heterocycles. The van der Waals surface area contributed by atoms with Gasteiger partial charge in [-0.1, -0.05) is 19.9 Å². The number of rotatable bonds is 5. The average molecular weight is 304 g/mol. The Bertz CT molecular complexity index is 498. The lowest BCUT2D eigenvalue weighted by Gasteiger charge is -2.21. The van der Waals surface area contributed by atoms with Crippen LogP contribution in [-0.2, 0) is 16.0 Å². The summed E-state index contributed by atoms with van der Waals surface area (Å²) in [5, 5.41) is 0. The van der Waals surface area contributed by atoms with E-state index in [1.807, 2.05) is 7.11 Å². The minimum atomic E-state index is 0.381. The lowest BCUT2D eigenvalue weighted by atomic mass is 9.95. The Morgan fingerprint density at radius 1 is 1.36 bits per heavy atom. The van der Waals surface area contributed by atoms with Gasteiger partial charge in [-0.05, 0) is 30.4 Å². The van der Waals surface area contributed by atoms with Gasteiger partial charge in [0.25, 0.3) is 0 Å². The second-order valence-electron chi connectivity index (χ2n) is 6.87. The van der Waals surface area contributed by atoms with Crippen LogP contribution in [0.4, 0.5) is 0 Å². The monoisotopic (exact) mass is 304 g/mol. The standard InChI is InChI=1S/C18H28N2O2/c1-13(2)17-5-4-16(14-7-9-22-12-14)18(19-17)11-20-8-6-15(10-20)21-3/h4-5,13-15H,6-12H2,1-3H3/t14-,15+/m0/s1. The quantitative estimate of drug-likeness (QED) is 0.838. The maximum atomic E-state index is 5.59. The van der Waals surface area contributed by atoms with Crippen LogP contribution in [0, 0.1) is 0 Å². The second kappa shape index (κ2) is 7.07. The van der Waals surface area contributed by atoms with Crippen molar-refractivity contribution in [2.24, 2.45) is 0 Å². The van der Waals surface area contributed by atoms with Crippen molar-refractivity contribution in [1.82, 2.24) is 9.88 Å². The van der Waals surface area contributed by atoms with Crippen LogP contribution in [0.15, 0.2) is 12.1 Å². The molecule has 0 aromatic carbocycles. The molecule has 0 bridgehead atoms. The van der Waals surface area contributed by atoms with E-state index < -0.39 is 0 Å². The maximum absolute atomic E-state index is 5.59. The number of nitrogens with zero attached hydrogens (tertiary/aromatic N) is 2. The predicted octanol–water partition coefficient (Wildman–Crippen LogP) is 2.93. The molecule has 2 atom stereocenters. The van der Waals surface area contributed by atoms with Gasteiger partial charge in [-0.15, -0.1) is 0 Å². The Morgan fingerprint density at radius 3 is 2.86 bits per heavy atom. The number of ether oxygens (including phenoxy) is 2. The number of hydrogen-bond donors (Lipinski definition) is 0. The Labute approximate surface area is 133 Å². The van der Waals surface area contributed by atoms with Crippen LogP contribution < -0.4 is 0 Å². The van der Waals surface area contributed by atoms with Gasteiger partial charge >= 0.3 is 0 Å². The molecule has 122 valence electrons. The van der Waals surface area contributed by atoms with Crippen molar-refractivity contribution in [1.29, 1.82) is 0 Å². The molecule has 2 aliphatic rings. The first-order chi connectivity index (χ1) is 10.7. The smallest absolute Gasteiger partial charge is 0.0710 e. The number of aromatic nitrogens is 1. The van der Waals surface area contributed by atoms with Gasteiger partial charge in [0.1, 0.15) is 0 Å². The number of hydrogen-bond acceptors (Lipinski definition) is 4. The summed E-state index contributed by atoms with van der Waals surface area (Å²) in [4.78, 5) is 7.47. The highest BCUT2D eigenvalue weighted by Gasteiger charge is 2.26. The SMILES string of the molecule is CO[C@@H]1CCN(Cc2nc(C(C)C)ccc2[C@H]2CCOC2)C1. The van der Waals surface area contributed by atoms with E-state index in [4.69, 9.17) is 14.5 Å². The van der Waals surface area contributed by atoms with Crippen molar-refractivity contribution in [3.8, 4) is 0 Å². The third kappa shape index (κ3) is 3.50. The van der Waals surface area contributed by atoms with Gasteiger partial charge in [0.15, 0.2) is 0 Å². The van der Waals surface area contributed by atoms with E-state index in [1.165, 1.54) is 17.0 Å². The van der Waals surface area contributed by atoms with Gasteiger partial charge in [-0.2, -0.15) is 0 Å². The first-order valence-corrected chi connectivity index (χ1v) is 8.50. The minimum absolute atomic E-state index is 0.381. The van der Waals surface area contributed by atoms with Crippen molar-refractivity contribution >= 4 is 0 Å².